The second kappa shape index (κ2) is 10.1. The quantitative estimate of drug-likeness (QED) is 0.362. The zero-order chi connectivity index (χ0) is 18.8. The predicted octanol–water partition coefficient (Wildman–Crippen LogP) is 5.45. The van der Waals surface area contributed by atoms with Crippen molar-refractivity contribution in [2.24, 2.45) is 0 Å². The van der Waals surface area contributed by atoms with Crippen molar-refractivity contribution in [2.45, 2.75) is 32.1 Å². The molecule has 2 heteroatoms. The minimum atomic E-state index is -1.67. The first-order valence-electron chi connectivity index (χ1n) is 9.80. The summed E-state index contributed by atoms with van der Waals surface area (Å²) in [4.78, 5) is 0. The molecule has 0 amide bonds. The van der Waals surface area contributed by atoms with E-state index in [0.29, 0.717) is 6.42 Å². The molecule has 27 heavy (non-hydrogen) atoms. The number of rotatable bonds is 9. The molecule has 0 aliphatic rings. The molecule has 3 aromatic rings. The highest BCUT2D eigenvalue weighted by atomic mass is 31.2. The van der Waals surface area contributed by atoms with Crippen LogP contribution in [0.25, 0.3) is 0 Å². The lowest BCUT2D eigenvalue weighted by atomic mass is 10.2. The molecule has 0 saturated heterocycles. The molecule has 0 bridgehead atoms. The minimum Gasteiger partial charge on any atom is -0.198 e. The van der Waals surface area contributed by atoms with Crippen LogP contribution >= 0.6 is 7.26 Å². The summed E-state index contributed by atoms with van der Waals surface area (Å²) in [6.45, 7) is 0. The van der Waals surface area contributed by atoms with Crippen LogP contribution in [-0.4, -0.2) is 6.16 Å². The van der Waals surface area contributed by atoms with Crippen LogP contribution in [-0.2, 0) is 0 Å². The highest BCUT2D eigenvalue weighted by Crippen LogP contribution is 2.55. The van der Waals surface area contributed by atoms with Crippen LogP contribution in [0.5, 0.6) is 0 Å². The van der Waals surface area contributed by atoms with Gasteiger partial charge in [0, 0.05) is 6.42 Å². The Morgan fingerprint density at radius 1 is 0.556 bits per heavy atom. The number of benzene rings is 3. The Bertz CT molecular complexity index is 741. The molecule has 3 aromatic carbocycles. The molecular formula is C25H27NP+. The van der Waals surface area contributed by atoms with Gasteiger partial charge < -0.3 is 0 Å². The molecule has 0 spiro atoms. The van der Waals surface area contributed by atoms with E-state index in [-0.39, 0.29) is 0 Å². The fourth-order valence-corrected chi connectivity index (χ4v) is 8.20. The lowest BCUT2D eigenvalue weighted by Crippen LogP contribution is -2.33. The summed E-state index contributed by atoms with van der Waals surface area (Å²) in [6.07, 6.45) is 6.40. The summed E-state index contributed by atoms with van der Waals surface area (Å²) in [5.41, 5.74) is 0. The molecule has 0 fully saturated rings. The van der Waals surface area contributed by atoms with Crippen molar-refractivity contribution in [3.05, 3.63) is 91.0 Å². The van der Waals surface area contributed by atoms with E-state index in [9.17, 15) is 0 Å². The van der Waals surface area contributed by atoms with Crippen molar-refractivity contribution in [2.75, 3.05) is 6.16 Å². The van der Waals surface area contributed by atoms with Gasteiger partial charge in [-0.15, -0.1) is 0 Å². The van der Waals surface area contributed by atoms with Gasteiger partial charge in [0.25, 0.3) is 0 Å². The smallest absolute Gasteiger partial charge is 0.112 e. The van der Waals surface area contributed by atoms with E-state index < -0.39 is 7.26 Å². The summed E-state index contributed by atoms with van der Waals surface area (Å²) in [6, 6.07) is 35.5. The predicted molar refractivity (Wildman–Crippen MR) is 119 cm³/mol. The molecule has 0 heterocycles. The van der Waals surface area contributed by atoms with Crippen LogP contribution in [0.2, 0.25) is 0 Å². The number of nitrogens with zero attached hydrogens (tertiary/aromatic N) is 1. The Labute approximate surface area is 164 Å². The molecule has 0 saturated carbocycles. The first-order valence-corrected chi connectivity index (χ1v) is 11.8. The molecule has 0 aliphatic carbocycles. The third kappa shape index (κ3) is 4.65. The topological polar surface area (TPSA) is 23.8 Å². The minimum absolute atomic E-state index is 0.677. The zero-order valence-corrected chi connectivity index (χ0v) is 16.7. The van der Waals surface area contributed by atoms with E-state index in [4.69, 9.17) is 5.26 Å². The Balaban J connectivity index is 2.00. The number of unbranched alkanes of at least 4 members (excludes halogenated alkanes) is 4. The molecular weight excluding hydrogens is 345 g/mol. The molecule has 0 aliphatic heterocycles. The fraction of sp³-hybridized carbons (Fsp3) is 0.240. The molecule has 0 unspecified atom stereocenters. The van der Waals surface area contributed by atoms with Crippen molar-refractivity contribution < 1.29 is 0 Å². The van der Waals surface area contributed by atoms with Gasteiger partial charge in [-0.3, -0.25) is 0 Å². The highest BCUT2D eigenvalue weighted by molar-refractivity contribution is 7.95. The summed E-state index contributed by atoms with van der Waals surface area (Å²) in [5.74, 6) is 0. The molecule has 0 aromatic heterocycles. The van der Waals surface area contributed by atoms with E-state index in [2.05, 4.69) is 97.1 Å². The van der Waals surface area contributed by atoms with Gasteiger partial charge in [-0.25, -0.2) is 0 Å². The molecule has 3 rings (SSSR count). The Hall–Kier alpha value is -2.42. The van der Waals surface area contributed by atoms with Crippen LogP contribution in [0.1, 0.15) is 32.1 Å². The first-order chi connectivity index (χ1) is 13.4. The zero-order valence-electron chi connectivity index (χ0n) is 15.8. The second-order valence-electron chi connectivity index (χ2n) is 6.86. The lowest BCUT2D eigenvalue weighted by molar-refractivity contribution is 0.680. The van der Waals surface area contributed by atoms with Crippen LogP contribution in [0.3, 0.4) is 0 Å². The van der Waals surface area contributed by atoms with Crippen LogP contribution in [0.15, 0.2) is 91.0 Å². The molecule has 0 radical (unpaired) electrons. The number of hydrogen-bond donors (Lipinski definition) is 0. The van der Waals surface area contributed by atoms with Gasteiger partial charge in [-0.2, -0.15) is 5.26 Å². The normalized spacial score (nSPS) is 11.1. The monoisotopic (exact) mass is 372 g/mol. The van der Waals surface area contributed by atoms with Crippen molar-refractivity contribution in [3.63, 3.8) is 0 Å². The molecule has 136 valence electrons. The van der Waals surface area contributed by atoms with Gasteiger partial charge in [0.2, 0.25) is 0 Å². The summed E-state index contributed by atoms with van der Waals surface area (Å²) < 4.78 is 0. The van der Waals surface area contributed by atoms with Gasteiger partial charge >= 0.3 is 0 Å². The maximum atomic E-state index is 8.75. The van der Waals surface area contributed by atoms with Crippen molar-refractivity contribution in [1.82, 2.24) is 0 Å². The van der Waals surface area contributed by atoms with E-state index >= 15 is 0 Å². The van der Waals surface area contributed by atoms with Gasteiger partial charge in [0.15, 0.2) is 0 Å². The molecule has 0 N–H and O–H groups in total. The third-order valence-corrected chi connectivity index (χ3v) is 9.65. The van der Waals surface area contributed by atoms with Gasteiger partial charge in [-0.1, -0.05) is 61.0 Å². The summed E-state index contributed by atoms with van der Waals surface area (Å²) >= 11 is 0. The summed E-state index contributed by atoms with van der Waals surface area (Å²) in [7, 11) is -1.67. The largest absolute Gasteiger partial charge is 0.198 e. The summed E-state index contributed by atoms with van der Waals surface area (Å²) in [5, 5.41) is 13.1. The van der Waals surface area contributed by atoms with E-state index in [1.54, 1.807) is 0 Å². The lowest BCUT2D eigenvalue weighted by Gasteiger charge is -2.27. The molecule has 0 atom stereocenters. The van der Waals surface area contributed by atoms with Crippen LogP contribution in [0.4, 0.5) is 0 Å². The SMILES string of the molecule is N#CCCCCCC[P+](c1ccccc1)(c1ccccc1)c1ccccc1. The second-order valence-corrected chi connectivity index (χ2v) is 10.5. The Morgan fingerprint density at radius 2 is 0.963 bits per heavy atom. The average Bonchev–Trinajstić information content (AvgIpc) is 2.75. The fourth-order valence-electron chi connectivity index (χ4n) is 3.79. The average molecular weight is 372 g/mol. The van der Waals surface area contributed by atoms with E-state index in [0.717, 1.165) is 12.8 Å². The van der Waals surface area contributed by atoms with Gasteiger partial charge in [0.05, 0.1) is 12.2 Å². The van der Waals surface area contributed by atoms with Crippen LogP contribution in [0, 0.1) is 11.3 Å². The Morgan fingerprint density at radius 3 is 1.37 bits per heavy atom. The van der Waals surface area contributed by atoms with Crippen LogP contribution < -0.4 is 15.9 Å². The first kappa shape index (κ1) is 19.3. The maximum Gasteiger partial charge on any atom is 0.112 e. The number of nitriles is 1. The van der Waals surface area contributed by atoms with Crippen molar-refractivity contribution >= 4 is 23.2 Å². The number of hydrogen-bond acceptors (Lipinski definition) is 1. The van der Waals surface area contributed by atoms with Gasteiger partial charge in [-0.05, 0) is 55.7 Å². The van der Waals surface area contributed by atoms with Crippen molar-refractivity contribution in [3.8, 4) is 6.07 Å². The standard InChI is InChI=1S/C25H27NP/c26-21-13-2-1-3-14-22-27(23-15-7-4-8-16-23,24-17-9-5-10-18-24)25-19-11-6-12-20-25/h4-12,15-20H,1-3,13-14,22H2/q+1. The van der Waals surface area contributed by atoms with E-state index in [1.807, 2.05) is 0 Å². The molecule has 1 nitrogen and oxygen atoms in total. The third-order valence-electron chi connectivity index (χ3n) is 5.12. The highest BCUT2D eigenvalue weighted by Gasteiger charge is 2.44. The van der Waals surface area contributed by atoms with E-state index in [1.165, 1.54) is 34.9 Å². The Kier molecular flexibility index (Phi) is 7.20. The maximum absolute atomic E-state index is 8.75. The van der Waals surface area contributed by atoms with Crippen molar-refractivity contribution in [1.29, 1.82) is 5.26 Å². The van der Waals surface area contributed by atoms with Gasteiger partial charge in [0.1, 0.15) is 23.2 Å².